The third kappa shape index (κ3) is 5.02. The van der Waals surface area contributed by atoms with E-state index in [-0.39, 0.29) is 17.4 Å². The fourth-order valence-electron chi connectivity index (χ4n) is 5.22. The Morgan fingerprint density at radius 3 is 2.64 bits per heavy atom. The molecule has 2 heterocycles. The summed E-state index contributed by atoms with van der Waals surface area (Å²) >= 11 is 0. The number of rotatable bonds is 9. The highest BCUT2D eigenvalue weighted by atomic mass is 19.1. The molecule has 2 aromatic carbocycles. The van der Waals surface area contributed by atoms with Crippen LogP contribution in [0.25, 0.3) is 10.9 Å². The van der Waals surface area contributed by atoms with Crippen molar-refractivity contribution in [1.29, 1.82) is 0 Å². The number of fused-ring (bicyclic) bond motifs is 1. The minimum absolute atomic E-state index is 0.114. The first-order valence-electron chi connectivity index (χ1n) is 12.5. The molecule has 1 fully saturated rings. The van der Waals surface area contributed by atoms with E-state index in [1.807, 2.05) is 28.9 Å². The number of hydrogen-bond donors (Lipinski definition) is 1. The van der Waals surface area contributed by atoms with Crippen molar-refractivity contribution in [3.05, 3.63) is 81.7 Å². The van der Waals surface area contributed by atoms with Gasteiger partial charge in [0.05, 0.1) is 24.7 Å². The maximum Gasteiger partial charge on any atom is 0.252 e. The van der Waals surface area contributed by atoms with E-state index >= 15 is 0 Å². The minimum atomic E-state index is -0.274. The molecule has 5 rings (SSSR count). The number of tetrazole rings is 1. The Hall–Kier alpha value is -3.59. The Morgan fingerprint density at radius 1 is 1.14 bits per heavy atom. The summed E-state index contributed by atoms with van der Waals surface area (Å²) in [5, 5.41) is 13.7. The molecule has 0 amide bonds. The van der Waals surface area contributed by atoms with Crippen LogP contribution in [0.5, 0.6) is 5.75 Å². The van der Waals surface area contributed by atoms with Crippen LogP contribution >= 0.6 is 0 Å². The molecule has 36 heavy (non-hydrogen) atoms. The van der Waals surface area contributed by atoms with Crippen molar-refractivity contribution < 1.29 is 9.13 Å². The Bertz CT molecular complexity index is 1380. The lowest BCUT2D eigenvalue weighted by molar-refractivity contribution is 0.158. The quantitative estimate of drug-likeness (QED) is 0.358. The summed E-state index contributed by atoms with van der Waals surface area (Å²) in [5.41, 5.74) is 2.18. The van der Waals surface area contributed by atoms with E-state index in [1.54, 1.807) is 19.2 Å². The number of benzene rings is 2. The van der Waals surface area contributed by atoms with Crippen molar-refractivity contribution in [3.8, 4) is 5.75 Å². The zero-order valence-corrected chi connectivity index (χ0v) is 20.7. The number of hydrogen-bond acceptors (Lipinski definition) is 6. The van der Waals surface area contributed by atoms with E-state index in [1.165, 1.54) is 25.0 Å². The molecule has 1 aliphatic carbocycles. The average Bonchev–Trinajstić information content (AvgIpc) is 3.58. The number of methoxy groups -OCH3 is 1. The first-order chi connectivity index (χ1) is 17.6. The van der Waals surface area contributed by atoms with E-state index < -0.39 is 0 Å². The van der Waals surface area contributed by atoms with Gasteiger partial charge in [-0.1, -0.05) is 31.9 Å². The van der Waals surface area contributed by atoms with Gasteiger partial charge < -0.3 is 9.72 Å². The summed E-state index contributed by atoms with van der Waals surface area (Å²) in [4.78, 5) is 18.3. The maximum absolute atomic E-state index is 13.6. The topological polar surface area (TPSA) is 88.9 Å². The number of aromatic amines is 1. The lowest BCUT2D eigenvalue weighted by Gasteiger charge is -2.31. The van der Waals surface area contributed by atoms with Gasteiger partial charge in [-0.3, -0.25) is 9.69 Å². The molecule has 8 nitrogen and oxygen atoms in total. The maximum atomic E-state index is 13.6. The lowest BCUT2D eigenvalue weighted by atomic mass is 10.1. The van der Waals surface area contributed by atoms with Gasteiger partial charge in [0.2, 0.25) is 0 Å². The van der Waals surface area contributed by atoms with Crippen LogP contribution < -0.4 is 10.3 Å². The van der Waals surface area contributed by atoms with Gasteiger partial charge in [0.15, 0.2) is 5.82 Å². The molecule has 1 saturated carbocycles. The van der Waals surface area contributed by atoms with Crippen LogP contribution in [0.2, 0.25) is 0 Å². The smallest absolute Gasteiger partial charge is 0.252 e. The summed E-state index contributed by atoms with van der Waals surface area (Å²) in [6.07, 6.45) is 5.26. The van der Waals surface area contributed by atoms with Crippen LogP contribution in [0.4, 0.5) is 4.39 Å². The molecule has 1 N–H and O–H groups in total. The number of pyridine rings is 1. The number of nitrogens with one attached hydrogen (secondary N) is 1. The molecular weight excluding hydrogens is 459 g/mol. The van der Waals surface area contributed by atoms with Gasteiger partial charge in [0.1, 0.15) is 11.6 Å². The molecule has 0 aliphatic heterocycles. The molecule has 0 bridgehead atoms. The van der Waals surface area contributed by atoms with Crippen LogP contribution in [0, 0.1) is 5.82 Å². The predicted molar refractivity (Wildman–Crippen MR) is 135 cm³/mol. The second-order valence-electron chi connectivity index (χ2n) is 9.45. The molecule has 188 valence electrons. The van der Waals surface area contributed by atoms with Crippen molar-refractivity contribution in [3.63, 3.8) is 0 Å². The lowest BCUT2D eigenvalue weighted by Crippen LogP contribution is -2.32. The highest BCUT2D eigenvalue weighted by Crippen LogP contribution is 2.33. The van der Waals surface area contributed by atoms with Crippen LogP contribution in [-0.2, 0) is 13.1 Å². The molecule has 0 spiro atoms. The SMILES string of the molecule is CC[C@H](c1nnnn1C1CCCC1)N(Cc1ccc(F)cc1)Cc1cc2ccc(OC)cc2[nH]c1=O. The van der Waals surface area contributed by atoms with Gasteiger partial charge in [-0.15, -0.1) is 5.10 Å². The highest BCUT2D eigenvalue weighted by molar-refractivity contribution is 5.80. The molecule has 0 unspecified atom stereocenters. The van der Waals surface area contributed by atoms with Crippen molar-refractivity contribution in [2.45, 2.75) is 64.2 Å². The number of H-pyrrole nitrogens is 1. The van der Waals surface area contributed by atoms with E-state index in [4.69, 9.17) is 4.74 Å². The molecule has 0 radical (unpaired) electrons. The third-order valence-electron chi connectivity index (χ3n) is 7.12. The molecule has 2 aromatic heterocycles. The van der Waals surface area contributed by atoms with Gasteiger partial charge in [-0.2, -0.15) is 0 Å². The van der Waals surface area contributed by atoms with Gasteiger partial charge >= 0.3 is 0 Å². The van der Waals surface area contributed by atoms with Crippen LogP contribution in [0.1, 0.15) is 68.1 Å². The summed E-state index contributed by atoms with van der Waals surface area (Å²) in [6, 6.07) is 14.3. The van der Waals surface area contributed by atoms with Crippen LogP contribution in [0.3, 0.4) is 0 Å². The summed E-state index contributed by atoms with van der Waals surface area (Å²) in [7, 11) is 1.60. The Kier molecular flexibility index (Phi) is 7.09. The first-order valence-corrected chi connectivity index (χ1v) is 12.5. The zero-order valence-electron chi connectivity index (χ0n) is 20.7. The Labute approximate surface area is 209 Å². The van der Waals surface area contributed by atoms with E-state index in [0.29, 0.717) is 30.4 Å². The summed E-state index contributed by atoms with van der Waals surface area (Å²) < 4.78 is 20.9. The predicted octanol–water partition coefficient (Wildman–Crippen LogP) is 4.93. The number of halogens is 1. The zero-order chi connectivity index (χ0) is 25.1. The van der Waals surface area contributed by atoms with Crippen molar-refractivity contribution in [2.75, 3.05) is 7.11 Å². The second-order valence-corrected chi connectivity index (χ2v) is 9.45. The van der Waals surface area contributed by atoms with Gasteiger partial charge in [0.25, 0.3) is 5.56 Å². The fourth-order valence-corrected chi connectivity index (χ4v) is 5.22. The van der Waals surface area contributed by atoms with Gasteiger partial charge in [-0.05, 0) is 71.0 Å². The van der Waals surface area contributed by atoms with E-state index in [9.17, 15) is 9.18 Å². The monoisotopic (exact) mass is 490 g/mol. The molecule has 9 heteroatoms. The number of aromatic nitrogens is 5. The normalized spacial score (nSPS) is 15.1. The van der Waals surface area contributed by atoms with Gasteiger partial charge in [-0.25, -0.2) is 9.07 Å². The van der Waals surface area contributed by atoms with E-state index in [2.05, 4.69) is 32.3 Å². The summed E-state index contributed by atoms with van der Waals surface area (Å²) in [5.74, 6) is 1.23. The van der Waals surface area contributed by atoms with Crippen molar-refractivity contribution in [2.24, 2.45) is 0 Å². The van der Waals surface area contributed by atoms with Crippen LogP contribution in [0.15, 0.2) is 53.3 Å². The third-order valence-corrected chi connectivity index (χ3v) is 7.12. The Balaban J connectivity index is 1.52. The molecule has 1 atom stereocenters. The molecular formula is C27H31FN6O2. The first kappa shape index (κ1) is 24.1. The molecule has 1 aliphatic rings. The van der Waals surface area contributed by atoms with Crippen molar-refractivity contribution >= 4 is 10.9 Å². The Morgan fingerprint density at radius 2 is 1.92 bits per heavy atom. The standard InChI is InChI=1S/C27H31FN6O2/c1-3-25(26-30-31-32-34(26)22-6-4-5-7-22)33(16-18-8-11-21(28)12-9-18)17-20-14-19-10-13-23(36-2)15-24(19)29-27(20)35/h8-15,22,25H,3-7,16-17H2,1-2H3,(H,29,35)/t25-/m1/s1. The largest absolute Gasteiger partial charge is 0.497 e. The number of ether oxygens (including phenoxy) is 1. The second kappa shape index (κ2) is 10.6. The van der Waals surface area contributed by atoms with E-state index in [0.717, 1.165) is 41.6 Å². The molecule has 0 saturated heterocycles. The number of nitrogens with zero attached hydrogens (tertiary/aromatic N) is 5. The van der Waals surface area contributed by atoms with Crippen molar-refractivity contribution in [1.82, 2.24) is 30.1 Å². The van der Waals surface area contributed by atoms with Gasteiger partial charge in [0, 0.05) is 24.7 Å². The highest BCUT2D eigenvalue weighted by Gasteiger charge is 2.29. The minimum Gasteiger partial charge on any atom is -0.497 e. The average molecular weight is 491 g/mol. The van der Waals surface area contributed by atoms with Crippen LogP contribution in [-0.4, -0.2) is 37.2 Å². The molecule has 4 aromatic rings. The fraction of sp³-hybridized carbons (Fsp3) is 0.407. The summed E-state index contributed by atoms with van der Waals surface area (Å²) in [6.45, 7) is 3.02.